The molecule has 2 aliphatic rings. The molecule has 157 valence electrons. The van der Waals surface area contributed by atoms with E-state index in [1.165, 1.54) is 12.1 Å². The van der Waals surface area contributed by atoms with Crippen LogP contribution < -0.4 is 11.1 Å². The second-order valence-electron chi connectivity index (χ2n) is 7.93. The van der Waals surface area contributed by atoms with Crippen LogP contribution in [0.5, 0.6) is 0 Å². The number of nitrogens with two attached hydrogens (primary N) is 1. The van der Waals surface area contributed by atoms with Crippen molar-refractivity contribution in [1.82, 2.24) is 10.2 Å². The fraction of sp³-hybridized carbons (Fsp3) is 0.348. The molecule has 2 saturated heterocycles. The first-order valence-electron chi connectivity index (χ1n) is 10.1. The summed E-state index contributed by atoms with van der Waals surface area (Å²) in [4.78, 5) is 27.1. The molecule has 2 heterocycles. The van der Waals surface area contributed by atoms with Crippen LogP contribution in [0.3, 0.4) is 0 Å². The van der Waals surface area contributed by atoms with Crippen molar-refractivity contribution in [2.24, 2.45) is 17.6 Å². The van der Waals surface area contributed by atoms with Crippen molar-refractivity contribution in [2.45, 2.75) is 12.5 Å². The number of hydrogen-bond donors (Lipinski definition) is 2. The summed E-state index contributed by atoms with van der Waals surface area (Å²) in [6.07, 6.45) is 2.61. The summed E-state index contributed by atoms with van der Waals surface area (Å²) in [6, 6.07) is 11.1. The molecule has 3 atom stereocenters. The highest BCUT2D eigenvalue weighted by molar-refractivity contribution is 6.34. The fourth-order valence-electron chi connectivity index (χ4n) is 4.77. The lowest BCUT2D eigenvalue weighted by atomic mass is 9.89. The number of halogens is 2. The molecule has 3 N–H and O–H groups in total. The lowest BCUT2D eigenvalue weighted by Gasteiger charge is -2.27. The zero-order valence-corrected chi connectivity index (χ0v) is 17.2. The first kappa shape index (κ1) is 21.0. The molecule has 2 aromatic carbocycles. The maximum Gasteiger partial charge on any atom is 0.248 e. The number of fused-ring (bicyclic) bond motifs is 1. The number of benzene rings is 2. The van der Waals surface area contributed by atoms with Crippen molar-refractivity contribution in [3.8, 4) is 0 Å². The van der Waals surface area contributed by atoms with Crippen LogP contribution >= 0.6 is 11.6 Å². The largest absolute Gasteiger partial charge is 0.366 e. The summed E-state index contributed by atoms with van der Waals surface area (Å²) in [5, 5.41) is 3.50. The molecule has 5 nitrogen and oxygen atoms in total. The number of ketones is 1. The molecule has 0 bridgehead atoms. The van der Waals surface area contributed by atoms with E-state index in [0.29, 0.717) is 24.4 Å². The number of amides is 1. The summed E-state index contributed by atoms with van der Waals surface area (Å²) < 4.78 is 14.4. The van der Waals surface area contributed by atoms with E-state index in [9.17, 15) is 14.0 Å². The van der Waals surface area contributed by atoms with Crippen LogP contribution in [0.25, 0.3) is 0 Å². The van der Waals surface area contributed by atoms with Gasteiger partial charge in [0.25, 0.3) is 0 Å². The molecule has 0 spiro atoms. The Bertz CT molecular complexity index is 947. The minimum atomic E-state index is -0.580. The van der Waals surface area contributed by atoms with Gasteiger partial charge >= 0.3 is 0 Å². The Hall–Kier alpha value is -2.28. The van der Waals surface area contributed by atoms with E-state index < -0.39 is 17.8 Å². The van der Waals surface area contributed by atoms with Gasteiger partial charge < -0.3 is 11.1 Å². The first-order valence-corrected chi connectivity index (χ1v) is 10.5. The standard InChI is InChI=1S/C23H24ClFN3O2/c24-18-8-3-9-19(25)20(18)22(29)21-17-12-27-11-15(17)13-28(21)10-4-6-14-5-1-2-7-16(14)23(26)30/h1-3,5-9,15,17,21,27H,4,10-13H2,(H2,26,30)/t15?,17-,21+/m1/s1. The van der Waals surface area contributed by atoms with Crippen LogP contribution in [0.2, 0.25) is 5.02 Å². The Morgan fingerprint density at radius 2 is 2.00 bits per heavy atom. The molecule has 1 unspecified atom stereocenters. The number of likely N-dealkylation sites (tertiary alicyclic amines) is 1. The highest BCUT2D eigenvalue weighted by Gasteiger charge is 2.48. The van der Waals surface area contributed by atoms with Gasteiger partial charge in [-0.15, -0.1) is 0 Å². The zero-order valence-electron chi connectivity index (χ0n) is 16.5. The third-order valence-electron chi connectivity index (χ3n) is 6.14. The van der Waals surface area contributed by atoms with Gasteiger partial charge in [0.15, 0.2) is 5.78 Å². The lowest BCUT2D eigenvalue weighted by molar-refractivity contribution is 0.0830. The predicted molar refractivity (Wildman–Crippen MR) is 114 cm³/mol. The molecule has 1 radical (unpaired) electrons. The molecule has 1 amide bonds. The zero-order chi connectivity index (χ0) is 21.3. The van der Waals surface area contributed by atoms with Gasteiger partial charge in [0.2, 0.25) is 5.91 Å². The molecule has 0 aromatic heterocycles. The summed E-state index contributed by atoms with van der Waals surface area (Å²) in [7, 11) is 0. The van der Waals surface area contributed by atoms with Crippen molar-refractivity contribution in [3.63, 3.8) is 0 Å². The van der Waals surface area contributed by atoms with Crippen molar-refractivity contribution in [2.75, 3.05) is 26.2 Å². The molecular weight excluding hydrogens is 405 g/mol. The molecule has 4 rings (SSSR count). The number of hydrogen-bond acceptors (Lipinski definition) is 4. The van der Waals surface area contributed by atoms with Crippen molar-refractivity contribution in [1.29, 1.82) is 0 Å². The summed E-state index contributed by atoms with van der Waals surface area (Å²) in [5.74, 6) is -0.824. The Morgan fingerprint density at radius 1 is 1.20 bits per heavy atom. The molecule has 0 saturated carbocycles. The molecule has 2 aromatic rings. The second kappa shape index (κ2) is 8.84. The average molecular weight is 429 g/mol. The number of Topliss-reactive ketones (excluding diaryl/α,β-unsaturated/α-hetero) is 1. The number of carbonyl (C=O) groups is 2. The van der Waals surface area contributed by atoms with Crippen LogP contribution in [0.4, 0.5) is 4.39 Å². The van der Waals surface area contributed by atoms with Gasteiger partial charge in [-0.1, -0.05) is 35.9 Å². The van der Waals surface area contributed by atoms with Crippen LogP contribution in [-0.4, -0.2) is 48.8 Å². The summed E-state index contributed by atoms with van der Waals surface area (Å²) >= 11 is 6.18. The minimum Gasteiger partial charge on any atom is -0.366 e. The highest BCUT2D eigenvalue weighted by atomic mass is 35.5. The van der Waals surface area contributed by atoms with Gasteiger partial charge in [0.1, 0.15) is 5.82 Å². The van der Waals surface area contributed by atoms with E-state index in [2.05, 4.69) is 10.2 Å². The maximum atomic E-state index is 14.4. The van der Waals surface area contributed by atoms with E-state index in [0.717, 1.165) is 25.2 Å². The van der Waals surface area contributed by atoms with Crippen LogP contribution in [0.1, 0.15) is 32.7 Å². The smallest absolute Gasteiger partial charge is 0.248 e. The van der Waals surface area contributed by atoms with Gasteiger partial charge in [-0.2, -0.15) is 0 Å². The minimum absolute atomic E-state index is 0.0234. The van der Waals surface area contributed by atoms with E-state index in [1.807, 2.05) is 18.6 Å². The molecule has 2 aliphatic heterocycles. The van der Waals surface area contributed by atoms with Crippen LogP contribution in [0, 0.1) is 24.1 Å². The van der Waals surface area contributed by atoms with Crippen molar-refractivity contribution < 1.29 is 14.0 Å². The van der Waals surface area contributed by atoms with Crippen molar-refractivity contribution in [3.05, 3.63) is 76.4 Å². The monoisotopic (exact) mass is 428 g/mol. The Balaban J connectivity index is 1.51. The van der Waals surface area contributed by atoms with Crippen molar-refractivity contribution >= 4 is 23.3 Å². The van der Waals surface area contributed by atoms with Crippen LogP contribution in [-0.2, 0) is 0 Å². The third-order valence-corrected chi connectivity index (χ3v) is 6.46. The molecule has 7 heteroatoms. The Labute approximate surface area is 180 Å². The number of primary amides is 1. The SMILES string of the molecule is NC(=O)c1ccccc1[CH]CCN1CC2CNC[C@H]2[C@H]1C(=O)c1c(F)cccc1Cl. The lowest BCUT2D eigenvalue weighted by Crippen LogP contribution is -2.42. The normalized spacial score (nSPS) is 23.5. The first-order chi connectivity index (χ1) is 14.5. The Kier molecular flexibility index (Phi) is 6.18. The maximum absolute atomic E-state index is 14.4. The average Bonchev–Trinajstić information content (AvgIpc) is 3.29. The second-order valence-corrected chi connectivity index (χ2v) is 8.33. The van der Waals surface area contributed by atoms with E-state index in [1.54, 1.807) is 18.2 Å². The van der Waals surface area contributed by atoms with E-state index in [-0.39, 0.29) is 22.3 Å². The molecule has 30 heavy (non-hydrogen) atoms. The predicted octanol–water partition coefficient (Wildman–Crippen LogP) is 2.92. The number of carbonyl (C=O) groups excluding carboxylic acids is 2. The summed E-state index contributed by atoms with van der Waals surface area (Å²) in [5.41, 5.74) is 6.69. The molecular formula is C23H24ClFN3O2. The Morgan fingerprint density at radius 3 is 2.77 bits per heavy atom. The fourth-order valence-corrected chi connectivity index (χ4v) is 5.02. The third kappa shape index (κ3) is 4.00. The summed E-state index contributed by atoms with van der Waals surface area (Å²) in [6.45, 7) is 2.98. The molecule has 0 aliphatic carbocycles. The number of nitrogens with zero attached hydrogens (tertiary/aromatic N) is 1. The van der Waals surface area contributed by atoms with Gasteiger partial charge in [-0.05, 0) is 61.5 Å². The number of rotatable bonds is 7. The van der Waals surface area contributed by atoms with Crippen LogP contribution in [0.15, 0.2) is 42.5 Å². The van der Waals surface area contributed by atoms with Gasteiger partial charge in [-0.25, -0.2) is 4.39 Å². The van der Waals surface area contributed by atoms with Gasteiger partial charge in [0.05, 0.1) is 16.6 Å². The number of nitrogens with one attached hydrogen (secondary N) is 1. The quantitative estimate of drug-likeness (QED) is 0.665. The topological polar surface area (TPSA) is 75.4 Å². The van der Waals surface area contributed by atoms with E-state index >= 15 is 0 Å². The highest BCUT2D eigenvalue weighted by Crippen LogP contribution is 2.36. The molecule has 2 fully saturated rings. The van der Waals surface area contributed by atoms with E-state index in [4.69, 9.17) is 17.3 Å². The van der Waals surface area contributed by atoms with Gasteiger partial charge in [0, 0.05) is 18.7 Å². The van der Waals surface area contributed by atoms with Gasteiger partial charge in [-0.3, -0.25) is 14.5 Å².